The molecule has 1 aliphatic heterocycles. The van der Waals surface area contributed by atoms with Crippen molar-refractivity contribution in [2.24, 2.45) is 17.8 Å². The molecular formula is C25H25NO4. The molecule has 154 valence electrons. The summed E-state index contributed by atoms with van der Waals surface area (Å²) in [6.45, 7) is 5.64. The second-order valence-electron chi connectivity index (χ2n) is 8.15. The number of anilines is 1. The number of carbonyl (C=O) groups is 3. The fourth-order valence-electron chi connectivity index (χ4n) is 4.31. The van der Waals surface area contributed by atoms with E-state index in [1.165, 1.54) is 4.90 Å². The molecule has 1 aliphatic carbocycles. The third-order valence-corrected chi connectivity index (χ3v) is 5.97. The predicted octanol–water partition coefficient (Wildman–Crippen LogP) is 4.35. The molecule has 1 fully saturated rings. The summed E-state index contributed by atoms with van der Waals surface area (Å²) in [6.07, 6.45) is 3.89. The number of rotatable bonds is 5. The van der Waals surface area contributed by atoms with E-state index >= 15 is 0 Å². The number of benzene rings is 2. The summed E-state index contributed by atoms with van der Waals surface area (Å²) in [4.78, 5) is 39.9. The summed E-state index contributed by atoms with van der Waals surface area (Å²) >= 11 is 0. The quantitative estimate of drug-likeness (QED) is 0.423. The first-order chi connectivity index (χ1) is 14.4. The molecule has 2 aliphatic rings. The third-order valence-electron chi connectivity index (χ3n) is 5.97. The van der Waals surface area contributed by atoms with Crippen molar-refractivity contribution >= 4 is 23.3 Å². The van der Waals surface area contributed by atoms with Crippen LogP contribution in [0.2, 0.25) is 0 Å². The van der Waals surface area contributed by atoms with Crippen molar-refractivity contribution in [2.75, 3.05) is 4.90 Å². The van der Waals surface area contributed by atoms with Crippen LogP contribution in [-0.4, -0.2) is 23.7 Å². The van der Waals surface area contributed by atoms with Gasteiger partial charge < -0.3 is 4.74 Å². The Morgan fingerprint density at radius 3 is 2.53 bits per heavy atom. The number of hydrogen-bond donors (Lipinski definition) is 0. The molecule has 0 spiro atoms. The van der Waals surface area contributed by atoms with Crippen LogP contribution in [0.1, 0.15) is 36.2 Å². The van der Waals surface area contributed by atoms with Crippen LogP contribution in [0.15, 0.2) is 60.7 Å². The van der Waals surface area contributed by atoms with Gasteiger partial charge in [0.2, 0.25) is 17.6 Å². The summed E-state index contributed by atoms with van der Waals surface area (Å²) in [7, 11) is 0. The van der Waals surface area contributed by atoms with E-state index in [4.69, 9.17) is 4.74 Å². The van der Waals surface area contributed by atoms with Crippen molar-refractivity contribution in [1.29, 1.82) is 0 Å². The second kappa shape index (κ2) is 7.90. The molecule has 0 unspecified atom stereocenters. The van der Waals surface area contributed by atoms with Crippen LogP contribution >= 0.6 is 0 Å². The number of Topliss-reactive ketones (excluding diaryl/α,β-unsaturated/α-hetero) is 1. The van der Waals surface area contributed by atoms with Gasteiger partial charge in [-0.3, -0.25) is 14.4 Å². The molecular weight excluding hydrogens is 378 g/mol. The van der Waals surface area contributed by atoms with E-state index in [1.54, 1.807) is 43.3 Å². The van der Waals surface area contributed by atoms with Gasteiger partial charge in [0.05, 0.1) is 17.5 Å². The molecule has 30 heavy (non-hydrogen) atoms. The predicted molar refractivity (Wildman–Crippen MR) is 114 cm³/mol. The summed E-state index contributed by atoms with van der Waals surface area (Å²) in [5.41, 5.74) is 2.15. The number of carbonyl (C=O) groups excluding carboxylic acids is 3. The van der Waals surface area contributed by atoms with Crippen LogP contribution in [0.4, 0.5) is 5.69 Å². The lowest BCUT2D eigenvalue weighted by Crippen LogP contribution is -2.31. The van der Waals surface area contributed by atoms with Gasteiger partial charge >= 0.3 is 0 Å². The van der Waals surface area contributed by atoms with E-state index in [-0.39, 0.29) is 35.4 Å². The van der Waals surface area contributed by atoms with Gasteiger partial charge in [-0.15, -0.1) is 0 Å². The molecule has 2 aromatic rings. The van der Waals surface area contributed by atoms with Crippen LogP contribution in [0.3, 0.4) is 0 Å². The lowest BCUT2D eigenvalue weighted by Gasteiger charge is -2.22. The minimum atomic E-state index is -0.695. The van der Waals surface area contributed by atoms with Crippen molar-refractivity contribution < 1.29 is 19.1 Å². The standard InChI is InChI=1S/C25H25NO4/c1-15-10-12-18(13-11-15)23(27)17(3)30-20-8-5-7-19(14-20)26-24(28)21-9-4-6-16(2)22(21)25(26)29/h4-8,10-14,16-17,21-22H,9H2,1-3H3/t16-,17+,21+,22+/m1/s1. The van der Waals surface area contributed by atoms with E-state index in [9.17, 15) is 14.4 Å². The molecule has 1 saturated heterocycles. The molecule has 0 saturated carbocycles. The maximum Gasteiger partial charge on any atom is 0.238 e. The molecule has 2 amide bonds. The molecule has 1 heterocycles. The minimum absolute atomic E-state index is 0.0387. The number of ketones is 1. The number of hydrogen-bond acceptors (Lipinski definition) is 4. The summed E-state index contributed by atoms with van der Waals surface area (Å²) in [5.74, 6) is -0.582. The van der Waals surface area contributed by atoms with Crippen molar-refractivity contribution in [3.63, 3.8) is 0 Å². The van der Waals surface area contributed by atoms with Gasteiger partial charge in [0.25, 0.3) is 0 Å². The first-order valence-corrected chi connectivity index (χ1v) is 10.3. The van der Waals surface area contributed by atoms with E-state index < -0.39 is 6.10 Å². The molecule has 4 rings (SSSR count). The van der Waals surface area contributed by atoms with Gasteiger partial charge in [-0.25, -0.2) is 4.90 Å². The average Bonchev–Trinajstić information content (AvgIpc) is 2.99. The number of ether oxygens (including phenoxy) is 1. The normalized spacial score (nSPS) is 24.0. The van der Waals surface area contributed by atoms with Gasteiger partial charge in [0.15, 0.2) is 6.10 Å². The SMILES string of the molecule is Cc1ccc(C(=O)[C@H](C)Oc2cccc(N3C(=O)[C@H]4[C@H](C)C=CC[C@@H]4C3=O)c2)cc1. The molecule has 0 bridgehead atoms. The van der Waals surface area contributed by atoms with Crippen molar-refractivity contribution in [2.45, 2.75) is 33.3 Å². The van der Waals surface area contributed by atoms with E-state index in [1.807, 2.05) is 38.1 Å². The number of nitrogens with zero attached hydrogens (tertiary/aromatic N) is 1. The topological polar surface area (TPSA) is 63.7 Å². The van der Waals surface area contributed by atoms with Crippen LogP contribution in [-0.2, 0) is 9.59 Å². The fourth-order valence-corrected chi connectivity index (χ4v) is 4.31. The largest absolute Gasteiger partial charge is 0.482 e. The summed E-state index contributed by atoms with van der Waals surface area (Å²) < 4.78 is 5.86. The zero-order chi connectivity index (χ0) is 21.4. The first-order valence-electron chi connectivity index (χ1n) is 10.3. The van der Waals surface area contributed by atoms with Crippen LogP contribution in [0, 0.1) is 24.7 Å². The van der Waals surface area contributed by atoms with E-state index in [0.717, 1.165) is 5.56 Å². The number of imide groups is 1. The van der Waals surface area contributed by atoms with Crippen LogP contribution < -0.4 is 9.64 Å². The molecule has 5 heteroatoms. The third kappa shape index (κ3) is 3.56. The summed E-state index contributed by atoms with van der Waals surface area (Å²) in [5, 5.41) is 0. The van der Waals surface area contributed by atoms with Crippen molar-refractivity contribution in [3.05, 3.63) is 71.8 Å². The first kappa shape index (κ1) is 20.1. The highest BCUT2D eigenvalue weighted by Gasteiger charge is 2.50. The van der Waals surface area contributed by atoms with E-state index in [2.05, 4.69) is 0 Å². The minimum Gasteiger partial charge on any atom is -0.482 e. The average molecular weight is 403 g/mol. The zero-order valence-electron chi connectivity index (χ0n) is 17.4. The fraction of sp³-hybridized carbons (Fsp3) is 0.320. The van der Waals surface area contributed by atoms with Gasteiger partial charge in [0.1, 0.15) is 5.75 Å². The second-order valence-corrected chi connectivity index (χ2v) is 8.15. The molecule has 4 atom stereocenters. The molecule has 0 N–H and O–H groups in total. The summed E-state index contributed by atoms with van der Waals surface area (Å²) in [6, 6.07) is 14.2. The molecule has 0 radical (unpaired) electrons. The Morgan fingerprint density at radius 2 is 1.83 bits per heavy atom. The van der Waals surface area contributed by atoms with Gasteiger partial charge in [0, 0.05) is 11.6 Å². The highest BCUT2D eigenvalue weighted by Crippen LogP contribution is 2.41. The smallest absolute Gasteiger partial charge is 0.238 e. The van der Waals surface area contributed by atoms with Crippen molar-refractivity contribution in [3.8, 4) is 5.75 Å². The maximum atomic E-state index is 13.0. The Bertz CT molecular complexity index is 1020. The molecule has 5 nitrogen and oxygen atoms in total. The maximum absolute atomic E-state index is 13.0. The number of allylic oxidation sites excluding steroid dienone is 2. The van der Waals surface area contributed by atoms with Gasteiger partial charge in [-0.1, -0.05) is 55.0 Å². The monoisotopic (exact) mass is 403 g/mol. The number of fused-ring (bicyclic) bond motifs is 1. The van der Waals surface area contributed by atoms with Gasteiger partial charge in [-0.2, -0.15) is 0 Å². The zero-order valence-corrected chi connectivity index (χ0v) is 17.4. The molecule has 2 aromatic carbocycles. The number of aryl methyl sites for hydroxylation is 1. The Morgan fingerprint density at radius 1 is 1.10 bits per heavy atom. The van der Waals surface area contributed by atoms with Gasteiger partial charge in [-0.05, 0) is 38.3 Å². The van der Waals surface area contributed by atoms with Crippen LogP contribution in [0.5, 0.6) is 5.75 Å². The Kier molecular flexibility index (Phi) is 5.29. The lowest BCUT2D eigenvalue weighted by atomic mass is 9.78. The Balaban J connectivity index is 1.53. The Labute approximate surface area is 176 Å². The van der Waals surface area contributed by atoms with Crippen molar-refractivity contribution in [1.82, 2.24) is 0 Å². The van der Waals surface area contributed by atoms with Crippen LogP contribution in [0.25, 0.3) is 0 Å². The van der Waals surface area contributed by atoms with E-state index in [0.29, 0.717) is 23.4 Å². The highest BCUT2D eigenvalue weighted by molar-refractivity contribution is 6.22. The molecule has 0 aromatic heterocycles. The Hall–Kier alpha value is -3.21. The lowest BCUT2D eigenvalue weighted by molar-refractivity contribution is -0.122. The number of amides is 2. The highest BCUT2D eigenvalue weighted by atomic mass is 16.5.